The van der Waals surface area contributed by atoms with Gasteiger partial charge in [0.05, 0.1) is 11.8 Å². The Morgan fingerprint density at radius 2 is 1.20 bits per heavy atom. The van der Waals surface area contributed by atoms with Crippen LogP contribution in [-0.4, -0.2) is 49.8 Å². The highest BCUT2D eigenvalue weighted by Gasteiger charge is 2.39. The summed E-state index contributed by atoms with van der Waals surface area (Å²) in [5, 5.41) is 0. The first-order valence-electron chi connectivity index (χ1n) is 6.91. The Labute approximate surface area is 120 Å². The summed E-state index contributed by atoms with van der Waals surface area (Å²) < 4.78 is 0. The molecular weight excluding hydrogens is 252 g/mol. The molecule has 0 aliphatic heterocycles. The van der Waals surface area contributed by atoms with Crippen LogP contribution in [0.4, 0.5) is 0 Å². The predicted molar refractivity (Wildman–Crippen MR) is 78.2 cm³/mol. The van der Waals surface area contributed by atoms with Crippen LogP contribution in [-0.2, 0) is 22.4 Å². The number of hydrogen-bond acceptors (Lipinski definition) is 2. The van der Waals surface area contributed by atoms with Gasteiger partial charge in [-0.2, -0.15) is 0 Å². The normalized spacial score (nSPS) is 21.0. The van der Waals surface area contributed by atoms with Crippen molar-refractivity contribution in [2.24, 2.45) is 11.8 Å². The van der Waals surface area contributed by atoms with E-state index in [1.54, 1.807) is 38.0 Å². The van der Waals surface area contributed by atoms with Gasteiger partial charge in [-0.1, -0.05) is 24.3 Å². The van der Waals surface area contributed by atoms with E-state index in [9.17, 15) is 9.59 Å². The van der Waals surface area contributed by atoms with Gasteiger partial charge in [-0.25, -0.2) is 0 Å². The SMILES string of the molecule is CN(C)C(=O)C1Cc2ccccc2CC1C(=O)N(C)C. The molecule has 0 saturated carbocycles. The molecule has 20 heavy (non-hydrogen) atoms. The molecule has 4 heteroatoms. The second-order valence-electron chi connectivity index (χ2n) is 5.86. The maximum absolute atomic E-state index is 12.4. The molecule has 1 aliphatic rings. The van der Waals surface area contributed by atoms with E-state index in [0.29, 0.717) is 12.8 Å². The average molecular weight is 274 g/mol. The Morgan fingerprint density at radius 1 is 0.850 bits per heavy atom. The van der Waals surface area contributed by atoms with Crippen LogP contribution >= 0.6 is 0 Å². The van der Waals surface area contributed by atoms with Crippen molar-refractivity contribution < 1.29 is 9.59 Å². The fraction of sp³-hybridized carbons (Fsp3) is 0.500. The van der Waals surface area contributed by atoms with Crippen molar-refractivity contribution in [1.82, 2.24) is 9.80 Å². The largest absolute Gasteiger partial charge is 0.349 e. The lowest BCUT2D eigenvalue weighted by Gasteiger charge is -2.34. The van der Waals surface area contributed by atoms with Crippen molar-refractivity contribution in [2.45, 2.75) is 12.8 Å². The molecule has 1 aromatic rings. The Kier molecular flexibility index (Phi) is 4.12. The Bertz CT molecular complexity index is 476. The van der Waals surface area contributed by atoms with E-state index in [4.69, 9.17) is 0 Å². The highest BCUT2D eigenvalue weighted by Crippen LogP contribution is 2.32. The number of hydrogen-bond donors (Lipinski definition) is 0. The van der Waals surface area contributed by atoms with Gasteiger partial charge in [0.2, 0.25) is 11.8 Å². The lowest BCUT2D eigenvalue weighted by atomic mass is 9.74. The maximum Gasteiger partial charge on any atom is 0.226 e. The van der Waals surface area contributed by atoms with Crippen molar-refractivity contribution >= 4 is 11.8 Å². The standard InChI is InChI=1S/C16H22N2O2/c1-17(2)15(19)13-9-11-7-5-6-8-12(11)10-14(13)16(20)18(3)4/h5-8,13-14H,9-10H2,1-4H3. The molecule has 0 spiro atoms. The summed E-state index contributed by atoms with van der Waals surface area (Å²) in [5.74, 6) is -0.427. The molecule has 1 aliphatic carbocycles. The van der Waals surface area contributed by atoms with E-state index in [1.807, 2.05) is 12.1 Å². The molecule has 0 heterocycles. The van der Waals surface area contributed by atoms with Crippen molar-refractivity contribution in [3.63, 3.8) is 0 Å². The summed E-state index contributed by atoms with van der Waals surface area (Å²) in [6.07, 6.45) is 1.30. The van der Waals surface area contributed by atoms with Crippen LogP contribution in [0, 0.1) is 11.8 Å². The first kappa shape index (κ1) is 14.6. The van der Waals surface area contributed by atoms with Crippen LogP contribution in [0.1, 0.15) is 11.1 Å². The van der Waals surface area contributed by atoms with Crippen molar-refractivity contribution in [3.8, 4) is 0 Å². The van der Waals surface area contributed by atoms with Crippen LogP contribution in [0.25, 0.3) is 0 Å². The van der Waals surface area contributed by atoms with Gasteiger partial charge in [0, 0.05) is 28.2 Å². The van der Waals surface area contributed by atoms with Gasteiger partial charge in [-0.3, -0.25) is 9.59 Å². The molecule has 2 unspecified atom stereocenters. The van der Waals surface area contributed by atoms with E-state index in [1.165, 1.54) is 11.1 Å². The van der Waals surface area contributed by atoms with Crippen molar-refractivity contribution in [3.05, 3.63) is 35.4 Å². The molecular formula is C16H22N2O2. The highest BCUT2D eigenvalue weighted by atomic mass is 16.2. The molecule has 1 aromatic carbocycles. The van der Waals surface area contributed by atoms with Crippen molar-refractivity contribution in [2.75, 3.05) is 28.2 Å². The maximum atomic E-state index is 12.4. The molecule has 0 aromatic heterocycles. The zero-order valence-electron chi connectivity index (χ0n) is 12.6. The second kappa shape index (κ2) is 5.65. The molecule has 108 valence electrons. The number of amides is 2. The summed E-state index contributed by atoms with van der Waals surface area (Å²) in [6, 6.07) is 8.09. The molecule has 2 atom stereocenters. The average Bonchev–Trinajstić information content (AvgIpc) is 2.44. The van der Waals surface area contributed by atoms with Crippen LogP contribution in [0.5, 0.6) is 0 Å². The Balaban J connectivity index is 2.36. The zero-order chi connectivity index (χ0) is 14.9. The minimum Gasteiger partial charge on any atom is -0.349 e. The third-order valence-electron chi connectivity index (χ3n) is 4.00. The smallest absolute Gasteiger partial charge is 0.226 e. The van der Waals surface area contributed by atoms with E-state index in [2.05, 4.69) is 12.1 Å². The van der Waals surface area contributed by atoms with Gasteiger partial charge in [-0.05, 0) is 24.0 Å². The van der Waals surface area contributed by atoms with Crippen LogP contribution < -0.4 is 0 Å². The zero-order valence-corrected chi connectivity index (χ0v) is 12.6. The van der Waals surface area contributed by atoms with E-state index >= 15 is 0 Å². The molecule has 4 nitrogen and oxygen atoms in total. The lowest BCUT2D eigenvalue weighted by Crippen LogP contribution is -2.45. The number of carbonyl (C=O) groups is 2. The summed E-state index contributed by atoms with van der Waals surface area (Å²) in [6.45, 7) is 0. The first-order chi connectivity index (χ1) is 9.41. The van der Waals surface area contributed by atoms with Gasteiger partial charge in [-0.15, -0.1) is 0 Å². The fourth-order valence-electron chi connectivity index (χ4n) is 2.90. The molecule has 0 bridgehead atoms. The highest BCUT2D eigenvalue weighted by molar-refractivity contribution is 5.88. The summed E-state index contributed by atoms with van der Waals surface area (Å²) >= 11 is 0. The van der Waals surface area contributed by atoms with Gasteiger partial charge >= 0.3 is 0 Å². The molecule has 0 saturated heterocycles. The minimum absolute atomic E-state index is 0.0414. The third kappa shape index (κ3) is 2.69. The topological polar surface area (TPSA) is 40.6 Å². The van der Waals surface area contributed by atoms with Crippen LogP contribution in [0.2, 0.25) is 0 Å². The number of rotatable bonds is 2. The summed E-state index contributed by atoms with van der Waals surface area (Å²) in [5.41, 5.74) is 2.38. The molecule has 0 radical (unpaired) electrons. The number of fused-ring (bicyclic) bond motifs is 1. The van der Waals surface area contributed by atoms with E-state index < -0.39 is 0 Å². The van der Waals surface area contributed by atoms with Gasteiger partial charge < -0.3 is 9.80 Å². The first-order valence-corrected chi connectivity index (χ1v) is 6.91. The quantitative estimate of drug-likeness (QED) is 0.813. The van der Waals surface area contributed by atoms with Gasteiger partial charge in [0.15, 0.2) is 0 Å². The third-order valence-corrected chi connectivity index (χ3v) is 4.00. The predicted octanol–water partition coefficient (Wildman–Crippen LogP) is 1.19. The molecule has 0 fully saturated rings. The van der Waals surface area contributed by atoms with Gasteiger partial charge in [0.25, 0.3) is 0 Å². The van der Waals surface area contributed by atoms with Crippen LogP contribution in [0.3, 0.4) is 0 Å². The van der Waals surface area contributed by atoms with E-state index in [0.717, 1.165) is 0 Å². The monoisotopic (exact) mass is 274 g/mol. The lowest BCUT2D eigenvalue weighted by molar-refractivity contribution is -0.144. The van der Waals surface area contributed by atoms with Crippen LogP contribution in [0.15, 0.2) is 24.3 Å². The number of benzene rings is 1. The van der Waals surface area contributed by atoms with Gasteiger partial charge in [0.1, 0.15) is 0 Å². The summed E-state index contributed by atoms with van der Waals surface area (Å²) in [4.78, 5) is 28.0. The summed E-state index contributed by atoms with van der Waals surface area (Å²) in [7, 11) is 7.00. The number of carbonyl (C=O) groups excluding carboxylic acids is 2. The minimum atomic E-state index is -0.255. The second-order valence-corrected chi connectivity index (χ2v) is 5.86. The fourth-order valence-corrected chi connectivity index (χ4v) is 2.90. The van der Waals surface area contributed by atoms with Crippen molar-refractivity contribution in [1.29, 1.82) is 0 Å². The molecule has 2 rings (SSSR count). The molecule has 2 amide bonds. The Hall–Kier alpha value is -1.84. The van der Waals surface area contributed by atoms with E-state index in [-0.39, 0.29) is 23.7 Å². The number of nitrogens with zero attached hydrogens (tertiary/aromatic N) is 2. The Morgan fingerprint density at radius 3 is 1.50 bits per heavy atom. The molecule has 0 N–H and O–H groups in total.